The first kappa shape index (κ1) is 22.5. The largest absolute Gasteiger partial charge is 0.393 e. The summed E-state index contributed by atoms with van der Waals surface area (Å²) in [6.07, 6.45) is 11.1. The summed E-state index contributed by atoms with van der Waals surface area (Å²) >= 11 is 2.12. The molecular weight excluding hydrogens is 398 g/mol. The van der Waals surface area contributed by atoms with E-state index in [9.17, 15) is 5.11 Å². The summed E-state index contributed by atoms with van der Waals surface area (Å²) in [7, 11) is 0. The van der Waals surface area contributed by atoms with Crippen LogP contribution in [0.15, 0.2) is 22.8 Å². The van der Waals surface area contributed by atoms with Gasteiger partial charge in [-0.05, 0) is 90.1 Å². The predicted molar refractivity (Wildman–Crippen MR) is 133 cm³/mol. The fourth-order valence-electron chi connectivity index (χ4n) is 8.89. The van der Waals surface area contributed by atoms with Crippen LogP contribution in [0.4, 0.5) is 0 Å². The number of aliphatic hydroxyl groups is 1. The standard InChI is InChI=1S/C28H45NOS/c1-19(18-29-14-16-31-17-15-29)21-7-8-22-20-6-9-24-26(2,3)25(30)11-13-28(24,5)23(20)10-12-27(21,22)4/h8,19,21,24-25,30H,6-7,9-18H2,1-5H3/t19-,21-,24?,25?,27-,28-/m1/s1. The second-order valence-corrected chi connectivity index (χ2v) is 13.8. The Bertz CT molecular complexity index is 778. The summed E-state index contributed by atoms with van der Waals surface area (Å²) in [6, 6.07) is 0. The lowest BCUT2D eigenvalue weighted by Gasteiger charge is -2.59. The van der Waals surface area contributed by atoms with E-state index >= 15 is 0 Å². The molecule has 31 heavy (non-hydrogen) atoms. The van der Waals surface area contributed by atoms with Crippen molar-refractivity contribution < 1.29 is 5.11 Å². The Morgan fingerprint density at radius 2 is 1.81 bits per heavy atom. The highest BCUT2D eigenvalue weighted by Crippen LogP contribution is 2.66. The zero-order chi connectivity index (χ0) is 22.0. The van der Waals surface area contributed by atoms with Crippen LogP contribution in [-0.2, 0) is 0 Å². The zero-order valence-corrected chi connectivity index (χ0v) is 21.5. The van der Waals surface area contributed by atoms with Gasteiger partial charge < -0.3 is 10.0 Å². The molecule has 2 unspecified atom stereocenters. The van der Waals surface area contributed by atoms with E-state index in [-0.39, 0.29) is 11.5 Å². The Hall–Kier alpha value is -0.250. The Labute approximate surface area is 195 Å². The Morgan fingerprint density at radius 3 is 2.55 bits per heavy atom. The van der Waals surface area contributed by atoms with Crippen LogP contribution in [0.5, 0.6) is 0 Å². The maximum atomic E-state index is 10.8. The van der Waals surface area contributed by atoms with E-state index in [1.807, 2.05) is 0 Å². The fourth-order valence-corrected chi connectivity index (χ4v) is 9.87. The molecule has 5 aliphatic rings. The summed E-state index contributed by atoms with van der Waals surface area (Å²) < 4.78 is 0. The van der Waals surface area contributed by atoms with Crippen molar-refractivity contribution in [2.75, 3.05) is 31.1 Å². The number of fused-ring (bicyclic) bond motifs is 4. The third-order valence-corrected chi connectivity index (χ3v) is 11.7. The normalized spacial score (nSPS) is 43.7. The molecule has 2 nitrogen and oxygen atoms in total. The third kappa shape index (κ3) is 3.43. The van der Waals surface area contributed by atoms with Crippen LogP contribution >= 0.6 is 11.8 Å². The van der Waals surface area contributed by atoms with Gasteiger partial charge in [0.05, 0.1) is 6.10 Å². The number of aliphatic hydroxyl groups excluding tert-OH is 1. The van der Waals surface area contributed by atoms with Gasteiger partial charge in [0.1, 0.15) is 0 Å². The molecule has 1 heterocycles. The lowest BCUT2D eigenvalue weighted by Crippen LogP contribution is -2.53. The highest BCUT2D eigenvalue weighted by molar-refractivity contribution is 7.99. The maximum Gasteiger partial charge on any atom is 0.0594 e. The average molecular weight is 444 g/mol. The van der Waals surface area contributed by atoms with E-state index in [0.29, 0.717) is 16.7 Å². The topological polar surface area (TPSA) is 23.5 Å². The molecule has 1 saturated heterocycles. The highest BCUT2D eigenvalue weighted by Gasteiger charge is 2.57. The molecule has 6 atom stereocenters. The van der Waals surface area contributed by atoms with Crippen molar-refractivity contribution in [3.05, 3.63) is 22.8 Å². The Kier molecular flexibility index (Phi) is 5.75. The number of nitrogens with zero attached hydrogens (tertiary/aromatic N) is 1. The molecule has 0 radical (unpaired) electrons. The molecule has 0 aromatic heterocycles. The molecule has 5 rings (SSSR count). The predicted octanol–water partition coefficient (Wildman–Crippen LogP) is 6.31. The van der Waals surface area contributed by atoms with E-state index < -0.39 is 0 Å². The van der Waals surface area contributed by atoms with Gasteiger partial charge in [-0.25, -0.2) is 0 Å². The van der Waals surface area contributed by atoms with Gasteiger partial charge in [0.15, 0.2) is 0 Å². The molecule has 1 N–H and O–H groups in total. The summed E-state index contributed by atoms with van der Waals surface area (Å²) in [5, 5.41) is 10.8. The zero-order valence-electron chi connectivity index (χ0n) is 20.7. The van der Waals surface area contributed by atoms with Crippen LogP contribution in [0.1, 0.15) is 79.6 Å². The molecular formula is C28H45NOS. The fraction of sp³-hybridized carbons (Fsp3) is 0.857. The number of hydrogen-bond donors (Lipinski definition) is 1. The molecule has 0 aromatic carbocycles. The number of hydrogen-bond acceptors (Lipinski definition) is 3. The van der Waals surface area contributed by atoms with Crippen LogP contribution in [-0.4, -0.2) is 47.3 Å². The van der Waals surface area contributed by atoms with Crippen molar-refractivity contribution in [3.63, 3.8) is 0 Å². The van der Waals surface area contributed by atoms with Crippen LogP contribution < -0.4 is 0 Å². The van der Waals surface area contributed by atoms with Crippen molar-refractivity contribution in [2.45, 2.75) is 85.7 Å². The van der Waals surface area contributed by atoms with Gasteiger partial charge in [-0.15, -0.1) is 0 Å². The third-order valence-electron chi connectivity index (χ3n) is 10.8. The second-order valence-electron chi connectivity index (χ2n) is 12.6. The summed E-state index contributed by atoms with van der Waals surface area (Å²) in [6.45, 7) is 16.3. The van der Waals surface area contributed by atoms with Crippen molar-refractivity contribution >= 4 is 11.8 Å². The van der Waals surface area contributed by atoms with Crippen molar-refractivity contribution in [1.29, 1.82) is 0 Å². The molecule has 0 aromatic rings. The van der Waals surface area contributed by atoms with Crippen molar-refractivity contribution in [2.24, 2.45) is 34.0 Å². The summed E-state index contributed by atoms with van der Waals surface area (Å²) in [4.78, 5) is 2.73. The first-order valence-corrected chi connectivity index (χ1v) is 14.2. The van der Waals surface area contributed by atoms with Gasteiger partial charge in [-0.1, -0.05) is 46.3 Å². The van der Waals surface area contributed by atoms with Crippen LogP contribution in [0.25, 0.3) is 0 Å². The van der Waals surface area contributed by atoms with Gasteiger partial charge >= 0.3 is 0 Å². The van der Waals surface area contributed by atoms with Crippen LogP contribution in [0, 0.1) is 34.0 Å². The van der Waals surface area contributed by atoms with Crippen LogP contribution in [0.2, 0.25) is 0 Å². The number of allylic oxidation sites excluding steroid dienone is 4. The quantitative estimate of drug-likeness (QED) is 0.553. The van der Waals surface area contributed by atoms with Gasteiger partial charge in [-0.2, -0.15) is 11.8 Å². The minimum atomic E-state index is -0.134. The van der Waals surface area contributed by atoms with E-state index in [0.717, 1.165) is 18.3 Å². The van der Waals surface area contributed by atoms with Gasteiger partial charge in [-0.3, -0.25) is 0 Å². The van der Waals surface area contributed by atoms with Crippen molar-refractivity contribution in [3.8, 4) is 0 Å². The molecule has 1 aliphatic heterocycles. The lowest BCUT2D eigenvalue weighted by molar-refractivity contribution is -0.0905. The molecule has 4 aliphatic carbocycles. The monoisotopic (exact) mass is 443 g/mol. The number of rotatable bonds is 3. The van der Waals surface area contributed by atoms with E-state index in [1.54, 1.807) is 16.7 Å². The van der Waals surface area contributed by atoms with E-state index in [2.05, 4.69) is 57.4 Å². The van der Waals surface area contributed by atoms with E-state index in [4.69, 9.17) is 0 Å². The average Bonchev–Trinajstić information content (AvgIpc) is 3.09. The Morgan fingerprint density at radius 1 is 1.06 bits per heavy atom. The lowest BCUT2D eigenvalue weighted by atomic mass is 9.46. The summed E-state index contributed by atoms with van der Waals surface area (Å²) in [5.74, 6) is 4.85. The highest BCUT2D eigenvalue weighted by atomic mass is 32.2. The second kappa shape index (κ2) is 7.91. The van der Waals surface area contributed by atoms with Crippen LogP contribution in [0.3, 0.4) is 0 Å². The number of thioether (sulfide) groups is 1. The molecule has 174 valence electrons. The first-order chi connectivity index (χ1) is 14.7. The van der Waals surface area contributed by atoms with Crippen molar-refractivity contribution in [1.82, 2.24) is 4.90 Å². The Balaban J connectivity index is 1.40. The maximum absolute atomic E-state index is 10.8. The summed E-state index contributed by atoms with van der Waals surface area (Å²) in [5.41, 5.74) is 6.05. The van der Waals surface area contributed by atoms with E-state index in [1.165, 1.54) is 69.7 Å². The SMILES string of the molecule is C[C@H](CN1CCSCC1)[C@H]1CC=C2C3=C(CC[C@@]21C)[C@@]1(C)CCC(O)C(C)(C)C1CC3. The van der Waals surface area contributed by atoms with Gasteiger partial charge in [0.25, 0.3) is 0 Å². The first-order valence-electron chi connectivity index (χ1n) is 13.1. The minimum Gasteiger partial charge on any atom is -0.393 e. The van der Waals surface area contributed by atoms with Gasteiger partial charge in [0.2, 0.25) is 0 Å². The smallest absolute Gasteiger partial charge is 0.0594 e. The molecule has 1 saturated carbocycles. The molecule has 3 heteroatoms. The molecule has 0 bridgehead atoms. The minimum absolute atomic E-state index is 0.0418. The van der Waals surface area contributed by atoms with Gasteiger partial charge in [0, 0.05) is 31.1 Å². The molecule has 0 spiro atoms. The molecule has 0 amide bonds. The molecule has 2 fully saturated rings.